The lowest BCUT2D eigenvalue weighted by atomic mass is 10.1. The summed E-state index contributed by atoms with van der Waals surface area (Å²) < 4.78 is 4.01. The van der Waals surface area contributed by atoms with Gasteiger partial charge in [-0.05, 0) is 18.2 Å². The van der Waals surface area contributed by atoms with Crippen molar-refractivity contribution in [1.82, 2.24) is 28.8 Å². The number of nitrogens with zero attached hydrogens (tertiary/aromatic N) is 7. The molecule has 1 fully saturated rings. The minimum atomic E-state index is 0.0139. The Labute approximate surface area is 223 Å². The first-order valence-electron chi connectivity index (χ1n) is 11.9. The maximum absolute atomic E-state index is 13.2. The molecule has 188 valence electrons. The molecule has 5 aromatic rings. The molecule has 0 unspecified atom stereocenters. The van der Waals surface area contributed by atoms with Crippen LogP contribution in [0.5, 0.6) is 0 Å². The SMILES string of the molecule is Cn1ccc2cc(-c3nc4cnccn4c3NCC(=O)N3CCN(c4c(Cl)cncc4Cl)CC3)ccc21. The van der Waals surface area contributed by atoms with Crippen LogP contribution in [0.3, 0.4) is 0 Å². The standard InChI is InChI=1S/C26H24Cl2N8O/c1-33-6-4-17-12-18(2-3-21(17)33)24-26(36-7-5-29-15-22(36)32-24)31-16-23(37)34-8-10-35(11-9-34)25-19(27)13-30-14-20(25)28/h2-7,12-15,31H,8-11,16H2,1H3. The van der Waals surface area contributed by atoms with Crippen LogP contribution in [0.1, 0.15) is 0 Å². The number of fused-ring (bicyclic) bond motifs is 2. The van der Waals surface area contributed by atoms with Gasteiger partial charge in [0.2, 0.25) is 5.91 Å². The van der Waals surface area contributed by atoms with Gasteiger partial charge in [-0.3, -0.25) is 19.2 Å². The fraction of sp³-hybridized carbons (Fsp3) is 0.231. The van der Waals surface area contributed by atoms with Crippen LogP contribution < -0.4 is 10.2 Å². The molecule has 0 atom stereocenters. The molecule has 1 aromatic carbocycles. The highest BCUT2D eigenvalue weighted by atomic mass is 35.5. The Hall–Kier alpha value is -3.82. The Morgan fingerprint density at radius 2 is 1.78 bits per heavy atom. The van der Waals surface area contributed by atoms with E-state index in [0.29, 0.717) is 41.9 Å². The van der Waals surface area contributed by atoms with Gasteiger partial charge in [-0.1, -0.05) is 29.3 Å². The molecule has 5 heterocycles. The van der Waals surface area contributed by atoms with Gasteiger partial charge in [0.1, 0.15) is 11.5 Å². The molecule has 1 N–H and O–H groups in total. The summed E-state index contributed by atoms with van der Waals surface area (Å²) in [6.07, 6.45) is 10.5. The van der Waals surface area contributed by atoms with Gasteiger partial charge in [-0.15, -0.1) is 0 Å². The minimum Gasteiger partial charge on any atom is -0.365 e. The predicted octanol–water partition coefficient (Wildman–Crippen LogP) is 4.35. The zero-order chi connectivity index (χ0) is 25.5. The van der Waals surface area contributed by atoms with E-state index in [2.05, 4.69) is 49.0 Å². The van der Waals surface area contributed by atoms with Gasteiger partial charge in [-0.2, -0.15) is 0 Å². The Morgan fingerprint density at radius 1 is 1.00 bits per heavy atom. The first kappa shape index (κ1) is 23.6. The number of piperazine rings is 1. The second kappa shape index (κ2) is 9.57. The third-order valence-electron chi connectivity index (χ3n) is 6.77. The van der Waals surface area contributed by atoms with Crippen LogP contribution in [-0.4, -0.2) is 67.5 Å². The molecule has 0 spiro atoms. The number of halogens is 2. The molecule has 0 bridgehead atoms. The smallest absolute Gasteiger partial charge is 0.242 e. The van der Waals surface area contributed by atoms with Crippen molar-refractivity contribution in [2.45, 2.75) is 0 Å². The zero-order valence-corrected chi connectivity index (χ0v) is 21.6. The lowest BCUT2D eigenvalue weighted by Crippen LogP contribution is -2.50. The van der Waals surface area contributed by atoms with Gasteiger partial charge >= 0.3 is 0 Å². The topological polar surface area (TPSA) is 83.6 Å². The summed E-state index contributed by atoms with van der Waals surface area (Å²) >= 11 is 12.6. The number of nitrogens with one attached hydrogen (secondary N) is 1. The maximum Gasteiger partial charge on any atom is 0.242 e. The number of anilines is 2. The number of aromatic nitrogens is 5. The number of imidazole rings is 1. The Morgan fingerprint density at radius 3 is 2.57 bits per heavy atom. The van der Waals surface area contributed by atoms with Crippen LogP contribution in [0.4, 0.5) is 11.5 Å². The summed E-state index contributed by atoms with van der Waals surface area (Å²) in [6.45, 7) is 2.57. The lowest BCUT2D eigenvalue weighted by Gasteiger charge is -2.36. The molecule has 1 amide bonds. The molecule has 11 heteroatoms. The quantitative estimate of drug-likeness (QED) is 0.361. The van der Waals surface area contributed by atoms with Crippen LogP contribution in [0, 0.1) is 0 Å². The van der Waals surface area contributed by atoms with E-state index in [4.69, 9.17) is 28.2 Å². The number of benzene rings is 1. The molecule has 1 aliphatic heterocycles. The molecule has 1 aliphatic rings. The fourth-order valence-electron chi connectivity index (χ4n) is 4.86. The van der Waals surface area contributed by atoms with Crippen LogP contribution >= 0.6 is 23.2 Å². The number of pyridine rings is 1. The third-order valence-corrected chi connectivity index (χ3v) is 7.33. The van der Waals surface area contributed by atoms with Gasteiger partial charge < -0.3 is 19.7 Å². The summed E-state index contributed by atoms with van der Waals surface area (Å²) in [5.74, 6) is 0.773. The van der Waals surface area contributed by atoms with Crippen molar-refractivity contribution in [2.75, 3.05) is 42.9 Å². The first-order valence-corrected chi connectivity index (χ1v) is 12.7. The zero-order valence-electron chi connectivity index (χ0n) is 20.1. The Bertz CT molecular complexity index is 1600. The average molecular weight is 535 g/mol. The molecule has 6 rings (SSSR count). The van der Waals surface area contributed by atoms with Crippen molar-refractivity contribution >= 4 is 57.2 Å². The second-order valence-electron chi connectivity index (χ2n) is 8.99. The van der Waals surface area contributed by atoms with Crippen molar-refractivity contribution in [3.8, 4) is 11.3 Å². The summed E-state index contributed by atoms with van der Waals surface area (Å²) in [5.41, 5.74) is 4.37. The summed E-state index contributed by atoms with van der Waals surface area (Å²) in [6, 6.07) is 8.34. The number of hydrogen-bond acceptors (Lipinski definition) is 6. The fourth-order valence-corrected chi connectivity index (χ4v) is 5.47. The van der Waals surface area contributed by atoms with Gasteiger partial charge in [0.05, 0.1) is 28.5 Å². The Balaban J connectivity index is 1.20. The number of amides is 1. The molecule has 0 aliphatic carbocycles. The molecule has 1 saturated heterocycles. The largest absolute Gasteiger partial charge is 0.365 e. The normalized spacial score (nSPS) is 14.0. The number of aryl methyl sites for hydroxylation is 1. The predicted molar refractivity (Wildman–Crippen MR) is 146 cm³/mol. The second-order valence-corrected chi connectivity index (χ2v) is 9.80. The van der Waals surface area contributed by atoms with Crippen molar-refractivity contribution in [3.05, 3.63) is 71.5 Å². The Kier molecular flexibility index (Phi) is 6.10. The average Bonchev–Trinajstić information content (AvgIpc) is 3.47. The van der Waals surface area contributed by atoms with Crippen molar-refractivity contribution < 1.29 is 4.79 Å². The van der Waals surface area contributed by atoms with Crippen LogP contribution in [0.15, 0.2) is 61.4 Å². The van der Waals surface area contributed by atoms with Crippen LogP contribution in [-0.2, 0) is 11.8 Å². The molecule has 37 heavy (non-hydrogen) atoms. The molecular weight excluding hydrogens is 511 g/mol. The number of rotatable bonds is 5. The first-order chi connectivity index (χ1) is 18.0. The molecule has 0 radical (unpaired) electrons. The molecule has 4 aromatic heterocycles. The van der Waals surface area contributed by atoms with Gasteiger partial charge in [0, 0.05) is 80.7 Å². The van der Waals surface area contributed by atoms with E-state index in [1.54, 1.807) is 24.8 Å². The summed E-state index contributed by atoms with van der Waals surface area (Å²) in [7, 11) is 2.03. The highest BCUT2D eigenvalue weighted by Gasteiger charge is 2.25. The monoisotopic (exact) mass is 534 g/mol. The van der Waals surface area contributed by atoms with Crippen LogP contribution in [0.25, 0.3) is 27.8 Å². The van der Waals surface area contributed by atoms with Gasteiger partial charge in [0.15, 0.2) is 5.65 Å². The van der Waals surface area contributed by atoms with Crippen molar-refractivity contribution in [1.29, 1.82) is 0 Å². The molecular formula is C26H24Cl2N8O. The van der Waals surface area contributed by atoms with Gasteiger partial charge in [0.25, 0.3) is 0 Å². The van der Waals surface area contributed by atoms with E-state index < -0.39 is 0 Å². The van der Waals surface area contributed by atoms with E-state index in [9.17, 15) is 4.79 Å². The van der Waals surface area contributed by atoms with E-state index in [1.807, 2.05) is 28.7 Å². The van der Waals surface area contributed by atoms with Crippen molar-refractivity contribution in [3.63, 3.8) is 0 Å². The van der Waals surface area contributed by atoms with Crippen LogP contribution in [0.2, 0.25) is 10.0 Å². The van der Waals surface area contributed by atoms with E-state index >= 15 is 0 Å². The molecule has 9 nitrogen and oxygen atoms in total. The van der Waals surface area contributed by atoms with Gasteiger partial charge in [-0.25, -0.2) is 4.98 Å². The van der Waals surface area contributed by atoms with E-state index in [0.717, 1.165) is 33.7 Å². The number of carbonyl (C=O) groups is 1. The number of hydrogen-bond donors (Lipinski definition) is 1. The van der Waals surface area contributed by atoms with Crippen molar-refractivity contribution in [2.24, 2.45) is 7.05 Å². The highest BCUT2D eigenvalue weighted by molar-refractivity contribution is 6.38. The summed E-state index contributed by atoms with van der Waals surface area (Å²) in [4.78, 5) is 30.2. The molecule has 0 saturated carbocycles. The maximum atomic E-state index is 13.2. The number of carbonyl (C=O) groups excluding carboxylic acids is 1. The summed E-state index contributed by atoms with van der Waals surface area (Å²) in [5, 5.41) is 5.51. The van der Waals surface area contributed by atoms with E-state index in [-0.39, 0.29) is 12.5 Å². The lowest BCUT2D eigenvalue weighted by molar-refractivity contribution is -0.129. The van der Waals surface area contributed by atoms with E-state index in [1.165, 1.54) is 0 Å². The highest BCUT2D eigenvalue weighted by Crippen LogP contribution is 2.33. The minimum absolute atomic E-state index is 0.0139. The third kappa shape index (κ3) is 4.34.